The van der Waals surface area contributed by atoms with Gasteiger partial charge in [0, 0.05) is 32.4 Å². The van der Waals surface area contributed by atoms with Crippen LogP contribution in [-0.4, -0.2) is 65.7 Å². The Balaban J connectivity index is 2.05. The molecule has 1 aliphatic heterocycles. The second-order valence-corrected chi connectivity index (χ2v) is 4.59. The van der Waals surface area contributed by atoms with Crippen LogP contribution in [-0.2, 0) is 0 Å². The van der Waals surface area contributed by atoms with Gasteiger partial charge in [0.2, 0.25) is 0 Å². The average Bonchev–Trinajstić information content (AvgIpc) is 2.47. The summed E-state index contributed by atoms with van der Waals surface area (Å²) in [6, 6.07) is 3.43. The molecule has 1 saturated heterocycles. The molecule has 1 aliphatic rings. The molecule has 0 saturated carbocycles. The van der Waals surface area contributed by atoms with Crippen LogP contribution < -0.4 is 5.43 Å². The maximum absolute atomic E-state index is 12.2. The Morgan fingerprint density at radius 2 is 2.20 bits per heavy atom. The molecule has 2 N–H and O–H groups in total. The van der Waals surface area contributed by atoms with Crippen molar-refractivity contribution in [3.63, 3.8) is 0 Å². The van der Waals surface area contributed by atoms with E-state index in [-0.39, 0.29) is 18.2 Å². The van der Waals surface area contributed by atoms with Crippen LogP contribution in [0.2, 0.25) is 0 Å². The summed E-state index contributed by atoms with van der Waals surface area (Å²) < 4.78 is 0. The number of hydrazine groups is 1. The molecule has 2 heterocycles. The number of carbonyl (C=O) groups is 1. The molecule has 20 heavy (non-hydrogen) atoms. The molecule has 0 unspecified atom stereocenters. The van der Waals surface area contributed by atoms with Crippen LogP contribution in [0.25, 0.3) is 0 Å². The Morgan fingerprint density at radius 1 is 1.45 bits per heavy atom. The molecule has 0 atom stereocenters. The van der Waals surface area contributed by atoms with E-state index in [0.29, 0.717) is 5.56 Å². The molecule has 6 heteroatoms. The van der Waals surface area contributed by atoms with Crippen molar-refractivity contribution < 1.29 is 9.90 Å². The highest BCUT2D eigenvalue weighted by molar-refractivity contribution is 5.94. The van der Waals surface area contributed by atoms with Gasteiger partial charge in [-0.3, -0.25) is 10.2 Å². The molecule has 0 radical (unpaired) electrons. The minimum Gasteiger partial charge on any atom is -0.384 e. The number of aliphatic hydroxyl groups excluding tert-OH is 1. The van der Waals surface area contributed by atoms with Gasteiger partial charge < -0.3 is 10.0 Å². The highest BCUT2D eigenvalue weighted by Crippen LogP contribution is 2.04. The number of pyridine rings is 1. The molecule has 106 valence electrons. The molecule has 6 nitrogen and oxygen atoms in total. The number of piperazine rings is 1. The van der Waals surface area contributed by atoms with Gasteiger partial charge >= 0.3 is 0 Å². The van der Waals surface area contributed by atoms with Crippen molar-refractivity contribution in [2.24, 2.45) is 0 Å². The zero-order valence-electron chi connectivity index (χ0n) is 11.5. The third-order valence-electron chi connectivity index (χ3n) is 3.09. The number of rotatable bonds is 2. The van der Waals surface area contributed by atoms with Gasteiger partial charge in [0.25, 0.3) is 5.91 Å². The van der Waals surface area contributed by atoms with Crippen LogP contribution in [0.1, 0.15) is 16.1 Å². The van der Waals surface area contributed by atoms with Gasteiger partial charge in [-0.25, -0.2) is 9.99 Å². The smallest absolute Gasteiger partial charge is 0.285 e. The van der Waals surface area contributed by atoms with Gasteiger partial charge in [0.1, 0.15) is 12.3 Å². The molecule has 0 spiro atoms. The SMILES string of the molecule is CN1CCN(NC(=O)c2ncccc2C#CCO)CC1. The van der Waals surface area contributed by atoms with E-state index in [0.717, 1.165) is 26.2 Å². The summed E-state index contributed by atoms with van der Waals surface area (Å²) in [6.45, 7) is 3.16. The van der Waals surface area contributed by atoms with Gasteiger partial charge in [0.15, 0.2) is 0 Å². The molecule has 0 aliphatic carbocycles. The minimum atomic E-state index is -0.266. The molecular weight excluding hydrogens is 256 g/mol. The molecule has 2 rings (SSSR count). The lowest BCUT2D eigenvalue weighted by molar-refractivity contribution is 0.0657. The molecule has 1 aromatic heterocycles. The second-order valence-electron chi connectivity index (χ2n) is 4.59. The number of nitrogens with zero attached hydrogens (tertiary/aromatic N) is 3. The number of aromatic nitrogens is 1. The van der Waals surface area contributed by atoms with Gasteiger partial charge in [-0.2, -0.15) is 0 Å². The van der Waals surface area contributed by atoms with Crippen LogP contribution in [0.5, 0.6) is 0 Å². The number of carbonyl (C=O) groups excluding carboxylic acids is 1. The normalized spacial score (nSPS) is 16.3. The summed E-state index contributed by atoms with van der Waals surface area (Å²) in [6.07, 6.45) is 1.56. The lowest BCUT2D eigenvalue weighted by Crippen LogP contribution is -2.52. The molecule has 1 fully saturated rings. The highest BCUT2D eigenvalue weighted by atomic mass is 16.2. The average molecular weight is 274 g/mol. The lowest BCUT2D eigenvalue weighted by Gasteiger charge is -2.32. The van der Waals surface area contributed by atoms with E-state index in [1.54, 1.807) is 18.3 Å². The van der Waals surface area contributed by atoms with Gasteiger partial charge in [-0.1, -0.05) is 11.8 Å². The fourth-order valence-corrected chi connectivity index (χ4v) is 1.94. The van der Waals surface area contributed by atoms with Crippen molar-refractivity contribution in [3.8, 4) is 11.8 Å². The summed E-state index contributed by atoms with van der Waals surface area (Å²) in [4.78, 5) is 18.5. The van der Waals surface area contributed by atoms with Crippen LogP contribution >= 0.6 is 0 Å². The third-order valence-corrected chi connectivity index (χ3v) is 3.09. The van der Waals surface area contributed by atoms with Gasteiger partial charge in [-0.05, 0) is 19.2 Å². The van der Waals surface area contributed by atoms with E-state index in [1.165, 1.54) is 0 Å². The molecule has 1 amide bonds. The summed E-state index contributed by atoms with van der Waals surface area (Å²) >= 11 is 0. The van der Waals surface area contributed by atoms with Crippen LogP contribution in [0.15, 0.2) is 18.3 Å². The first-order valence-electron chi connectivity index (χ1n) is 6.50. The highest BCUT2D eigenvalue weighted by Gasteiger charge is 2.18. The first-order chi connectivity index (χ1) is 9.70. The molecule has 1 aromatic rings. The number of hydrogen-bond donors (Lipinski definition) is 2. The number of nitrogens with one attached hydrogen (secondary N) is 1. The largest absolute Gasteiger partial charge is 0.384 e. The Bertz CT molecular complexity index is 527. The fraction of sp³-hybridized carbons (Fsp3) is 0.429. The van der Waals surface area contributed by atoms with Crippen LogP contribution in [0.3, 0.4) is 0 Å². The Morgan fingerprint density at radius 3 is 2.90 bits per heavy atom. The van der Waals surface area contributed by atoms with Gasteiger partial charge in [-0.15, -0.1) is 0 Å². The van der Waals surface area contributed by atoms with Crippen molar-refractivity contribution in [1.82, 2.24) is 20.3 Å². The molecule has 0 bridgehead atoms. The summed E-state index contributed by atoms with van der Waals surface area (Å²) in [5.41, 5.74) is 3.65. The predicted molar refractivity (Wildman–Crippen MR) is 74.7 cm³/mol. The first-order valence-corrected chi connectivity index (χ1v) is 6.50. The summed E-state index contributed by atoms with van der Waals surface area (Å²) in [7, 11) is 2.06. The lowest BCUT2D eigenvalue weighted by atomic mass is 10.2. The van der Waals surface area contributed by atoms with Crippen molar-refractivity contribution in [3.05, 3.63) is 29.6 Å². The van der Waals surface area contributed by atoms with Crippen molar-refractivity contribution in [1.29, 1.82) is 0 Å². The van der Waals surface area contributed by atoms with Crippen molar-refractivity contribution in [2.75, 3.05) is 39.8 Å². The van der Waals surface area contributed by atoms with Crippen LogP contribution in [0, 0.1) is 11.8 Å². The predicted octanol–water partition coefficient (Wildman–Crippen LogP) is -0.682. The summed E-state index contributed by atoms with van der Waals surface area (Å²) in [5, 5.41) is 10.6. The van der Waals surface area contributed by atoms with Gasteiger partial charge in [0.05, 0.1) is 5.56 Å². The monoisotopic (exact) mass is 274 g/mol. The fourth-order valence-electron chi connectivity index (χ4n) is 1.94. The van der Waals surface area contributed by atoms with E-state index in [2.05, 4.69) is 34.2 Å². The molecule has 0 aromatic carbocycles. The number of likely N-dealkylation sites (N-methyl/N-ethyl adjacent to an activating group) is 1. The minimum absolute atomic E-state index is 0.242. The topological polar surface area (TPSA) is 68.7 Å². The Kier molecular flexibility index (Phi) is 5.07. The second kappa shape index (κ2) is 7.01. The van der Waals surface area contributed by atoms with E-state index in [1.807, 2.05) is 5.01 Å². The van der Waals surface area contributed by atoms with E-state index in [4.69, 9.17) is 5.11 Å². The zero-order chi connectivity index (χ0) is 14.4. The number of aliphatic hydroxyl groups is 1. The number of amides is 1. The standard InChI is InChI=1S/C14H18N4O2/c1-17-7-9-18(10-8-17)16-14(20)13-12(5-3-11-19)4-2-6-15-13/h2,4,6,19H,7-11H2,1H3,(H,16,20). The zero-order valence-corrected chi connectivity index (χ0v) is 11.5. The van der Waals surface area contributed by atoms with E-state index in [9.17, 15) is 4.79 Å². The maximum atomic E-state index is 12.2. The van der Waals surface area contributed by atoms with Crippen LogP contribution in [0.4, 0.5) is 0 Å². The quantitative estimate of drug-likeness (QED) is 0.699. The maximum Gasteiger partial charge on any atom is 0.285 e. The van der Waals surface area contributed by atoms with E-state index >= 15 is 0 Å². The van der Waals surface area contributed by atoms with E-state index < -0.39 is 0 Å². The third kappa shape index (κ3) is 3.78. The molecular formula is C14H18N4O2. The van der Waals surface area contributed by atoms with Crippen molar-refractivity contribution >= 4 is 5.91 Å². The number of hydrogen-bond acceptors (Lipinski definition) is 5. The van der Waals surface area contributed by atoms with Crippen molar-refractivity contribution in [2.45, 2.75) is 0 Å². The Labute approximate surface area is 118 Å². The summed E-state index contributed by atoms with van der Waals surface area (Å²) in [5.74, 6) is 5.01. The first kappa shape index (κ1) is 14.5. The Hall–Kier alpha value is -1.94.